The average molecular weight is 243 g/mol. The van der Waals surface area contributed by atoms with Crippen LogP contribution in [-0.4, -0.2) is 6.54 Å². The maximum absolute atomic E-state index is 15.1. The topological polar surface area (TPSA) is 26.0 Å². The van der Waals surface area contributed by atoms with E-state index in [4.69, 9.17) is 5.73 Å². The molecule has 0 aromatic heterocycles. The van der Waals surface area contributed by atoms with Crippen LogP contribution in [-0.2, 0) is 12.1 Å². The zero-order valence-corrected chi connectivity index (χ0v) is 10.6. The first-order valence-electron chi connectivity index (χ1n) is 6.24. The number of rotatable bonds is 4. The molecular formula is C16H18FN. The molecule has 0 bridgehead atoms. The Bertz CT molecular complexity index is 492. The molecule has 0 amide bonds. The Kier molecular flexibility index (Phi) is 3.78. The molecule has 2 heteroatoms. The minimum atomic E-state index is -1.60. The molecule has 18 heavy (non-hydrogen) atoms. The van der Waals surface area contributed by atoms with Crippen LogP contribution in [0.5, 0.6) is 0 Å². The van der Waals surface area contributed by atoms with Gasteiger partial charge in [-0.25, -0.2) is 4.39 Å². The standard InChI is InChI=1S/C16H18FN/c1-2-13-8-10-15(11-9-13)16(17,12-18)14-6-4-3-5-7-14/h3-11H,2,12,18H2,1H3. The Balaban J connectivity index is 2.43. The third-order valence-corrected chi connectivity index (χ3v) is 3.33. The maximum atomic E-state index is 15.1. The fourth-order valence-corrected chi connectivity index (χ4v) is 2.11. The van der Waals surface area contributed by atoms with Gasteiger partial charge >= 0.3 is 0 Å². The summed E-state index contributed by atoms with van der Waals surface area (Å²) in [5, 5.41) is 0. The number of hydrogen-bond donors (Lipinski definition) is 1. The van der Waals surface area contributed by atoms with E-state index in [9.17, 15) is 0 Å². The molecule has 0 fully saturated rings. The van der Waals surface area contributed by atoms with Gasteiger partial charge in [-0.1, -0.05) is 61.5 Å². The second-order valence-corrected chi connectivity index (χ2v) is 4.42. The van der Waals surface area contributed by atoms with Crippen LogP contribution in [0.15, 0.2) is 54.6 Å². The second-order valence-electron chi connectivity index (χ2n) is 4.42. The molecule has 94 valence electrons. The zero-order chi connectivity index (χ0) is 13.0. The fraction of sp³-hybridized carbons (Fsp3) is 0.250. The molecule has 0 heterocycles. The van der Waals surface area contributed by atoms with E-state index in [2.05, 4.69) is 6.92 Å². The van der Waals surface area contributed by atoms with Crippen molar-refractivity contribution in [2.75, 3.05) is 6.54 Å². The molecule has 0 radical (unpaired) electrons. The van der Waals surface area contributed by atoms with Gasteiger partial charge in [0.15, 0.2) is 5.67 Å². The van der Waals surface area contributed by atoms with Crippen LogP contribution in [0.25, 0.3) is 0 Å². The first-order chi connectivity index (χ1) is 8.70. The van der Waals surface area contributed by atoms with Gasteiger partial charge in [0.05, 0.1) is 0 Å². The second kappa shape index (κ2) is 5.32. The molecule has 0 saturated carbocycles. The van der Waals surface area contributed by atoms with E-state index in [1.54, 1.807) is 12.1 Å². The van der Waals surface area contributed by atoms with Gasteiger partial charge in [-0.3, -0.25) is 0 Å². The van der Waals surface area contributed by atoms with Gasteiger partial charge in [-0.2, -0.15) is 0 Å². The van der Waals surface area contributed by atoms with Gasteiger partial charge in [0, 0.05) is 6.54 Å². The van der Waals surface area contributed by atoms with Crippen LogP contribution >= 0.6 is 0 Å². The fourth-order valence-electron chi connectivity index (χ4n) is 2.11. The smallest absolute Gasteiger partial charge is 0.173 e. The van der Waals surface area contributed by atoms with Crippen LogP contribution in [0.2, 0.25) is 0 Å². The summed E-state index contributed by atoms with van der Waals surface area (Å²) < 4.78 is 15.1. The molecule has 2 rings (SSSR count). The summed E-state index contributed by atoms with van der Waals surface area (Å²) in [7, 11) is 0. The maximum Gasteiger partial charge on any atom is 0.173 e. The highest BCUT2D eigenvalue weighted by atomic mass is 19.1. The Morgan fingerprint density at radius 3 is 2.00 bits per heavy atom. The lowest BCUT2D eigenvalue weighted by Crippen LogP contribution is -2.31. The van der Waals surface area contributed by atoms with E-state index >= 15 is 4.39 Å². The van der Waals surface area contributed by atoms with Crippen LogP contribution in [0.1, 0.15) is 23.6 Å². The van der Waals surface area contributed by atoms with Crippen molar-refractivity contribution in [3.63, 3.8) is 0 Å². The molecule has 0 saturated heterocycles. The van der Waals surface area contributed by atoms with E-state index in [0.29, 0.717) is 11.1 Å². The van der Waals surface area contributed by atoms with Crippen LogP contribution in [0.4, 0.5) is 4.39 Å². The molecule has 0 aliphatic rings. The van der Waals surface area contributed by atoms with Gasteiger partial charge < -0.3 is 5.73 Å². The lowest BCUT2D eigenvalue weighted by atomic mass is 9.87. The summed E-state index contributed by atoms with van der Waals surface area (Å²) in [6.07, 6.45) is 0.952. The molecule has 2 N–H and O–H groups in total. The Morgan fingerprint density at radius 2 is 1.50 bits per heavy atom. The molecule has 1 atom stereocenters. The molecule has 1 nitrogen and oxygen atoms in total. The minimum absolute atomic E-state index is 0.0531. The van der Waals surface area contributed by atoms with E-state index in [0.717, 1.165) is 6.42 Å². The molecule has 2 aromatic carbocycles. The van der Waals surface area contributed by atoms with Crippen molar-refractivity contribution >= 4 is 0 Å². The summed E-state index contributed by atoms with van der Waals surface area (Å²) in [5.74, 6) is 0. The number of hydrogen-bond acceptors (Lipinski definition) is 1. The van der Waals surface area contributed by atoms with Gasteiger partial charge in [-0.15, -0.1) is 0 Å². The number of nitrogens with two attached hydrogens (primary N) is 1. The monoisotopic (exact) mass is 243 g/mol. The lowest BCUT2D eigenvalue weighted by molar-refractivity contribution is 0.232. The van der Waals surface area contributed by atoms with Crippen LogP contribution in [0, 0.1) is 0 Å². The number of aryl methyl sites for hydroxylation is 1. The molecule has 0 aliphatic carbocycles. The summed E-state index contributed by atoms with van der Waals surface area (Å²) in [6, 6.07) is 16.7. The number of halogens is 1. The quantitative estimate of drug-likeness (QED) is 0.874. The molecule has 0 spiro atoms. The van der Waals surface area contributed by atoms with Crippen molar-refractivity contribution < 1.29 is 4.39 Å². The molecule has 0 aliphatic heterocycles. The van der Waals surface area contributed by atoms with Crippen molar-refractivity contribution in [1.29, 1.82) is 0 Å². The predicted molar refractivity (Wildman–Crippen MR) is 73.2 cm³/mol. The van der Waals surface area contributed by atoms with Crippen molar-refractivity contribution in [2.45, 2.75) is 19.0 Å². The number of benzene rings is 2. The highest BCUT2D eigenvalue weighted by Crippen LogP contribution is 2.32. The van der Waals surface area contributed by atoms with Gasteiger partial charge in [0.25, 0.3) is 0 Å². The Morgan fingerprint density at radius 1 is 0.944 bits per heavy atom. The van der Waals surface area contributed by atoms with E-state index in [1.165, 1.54) is 5.56 Å². The van der Waals surface area contributed by atoms with E-state index in [1.807, 2.05) is 42.5 Å². The molecule has 1 unspecified atom stereocenters. The highest BCUT2D eigenvalue weighted by molar-refractivity contribution is 5.38. The summed E-state index contributed by atoms with van der Waals surface area (Å²) in [4.78, 5) is 0. The van der Waals surface area contributed by atoms with Gasteiger partial charge in [0.1, 0.15) is 0 Å². The predicted octanol–water partition coefficient (Wildman–Crippen LogP) is 3.42. The largest absolute Gasteiger partial charge is 0.327 e. The lowest BCUT2D eigenvalue weighted by Gasteiger charge is -2.25. The van der Waals surface area contributed by atoms with Crippen molar-refractivity contribution in [3.05, 3.63) is 71.3 Å². The first-order valence-corrected chi connectivity index (χ1v) is 6.24. The normalized spacial score (nSPS) is 14.2. The minimum Gasteiger partial charge on any atom is -0.327 e. The summed E-state index contributed by atoms with van der Waals surface area (Å²) >= 11 is 0. The van der Waals surface area contributed by atoms with E-state index < -0.39 is 5.67 Å². The third-order valence-electron chi connectivity index (χ3n) is 3.33. The van der Waals surface area contributed by atoms with Gasteiger partial charge in [-0.05, 0) is 23.1 Å². The summed E-state index contributed by atoms with van der Waals surface area (Å²) in [6.45, 7) is 2.03. The average Bonchev–Trinajstić information content (AvgIpc) is 2.47. The van der Waals surface area contributed by atoms with E-state index in [-0.39, 0.29) is 6.54 Å². The molecular weight excluding hydrogens is 225 g/mol. The Labute approximate surface area is 107 Å². The van der Waals surface area contributed by atoms with Crippen molar-refractivity contribution in [3.8, 4) is 0 Å². The van der Waals surface area contributed by atoms with Crippen molar-refractivity contribution in [1.82, 2.24) is 0 Å². The molecule has 2 aromatic rings. The SMILES string of the molecule is CCc1ccc(C(F)(CN)c2ccccc2)cc1. The van der Waals surface area contributed by atoms with Crippen LogP contribution in [0.3, 0.4) is 0 Å². The third kappa shape index (κ3) is 2.29. The number of alkyl halides is 1. The highest BCUT2D eigenvalue weighted by Gasteiger charge is 2.32. The Hall–Kier alpha value is -1.67. The van der Waals surface area contributed by atoms with Crippen molar-refractivity contribution in [2.24, 2.45) is 5.73 Å². The van der Waals surface area contributed by atoms with Crippen LogP contribution < -0.4 is 5.73 Å². The van der Waals surface area contributed by atoms with Gasteiger partial charge in [0.2, 0.25) is 0 Å². The zero-order valence-electron chi connectivity index (χ0n) is 10.6. The first kappa shape index (κ1) is 12.8. The summed E-state index contributed by atoms with van der Waals surface area (Å²) in [5.41, 5.74) is 6.49.